The van der Waals surface area contributed by atoms with Crippen LogP contribution in [0.25, 0.3) is 0 Å². The Bertz CT molecular complexity index is 564. The maximum Gasteiger partial charge on any atom is 0.270 e. The highest BCUT2D eigenvalue weighted by molar-refractivity contribution is 5.92. The lowest BCUT2D eigenvalue weighted by molar-refractivity contribution is -0.0312. The maximum atomic E-state index is 12.3. The summed E-state index contributed by atoms with van der Waals surface area (Å²) in [5.74, 6) is -0.121. The first-order chi connectivity index (χ1) is 11.5. The molecule has 0 atom stereocenters. The van der Waals surface area contributed by atoms with Crippen LogP contribution < -0.4 is 5.32 Å². The minimum atomic E-state index is -0.493. The van der Waals surface area contributed by atoms with Crippen molar-refractivity contribution in [2.75, 3.05) is 19.6 Å². The Balaban J connectivity index is 1.46. The predicted molar refractivity (Wildman–Crippen MR) is 91.7 cm³/mol. The summed E-state index contributed by atoms with van der Waals surface area (Å²) in [6, 6.07) is 1.90. The predicted octanol–water partition coefficient (Wildman–Crippen LogP) is 1.67. The van der Waals surface area contributed by atoms with Crippen LogP contribution in [-0.2, 0) is 0 Å². The smallest absolute Gasteiger partial charge is 0.270 e. The molecule has 132 valence electrons. The van der Waals surface area contributed by atoms with Crippen molar-refractivity contribution in [2.45, 2.75) is 63.5 Å². The lowest BCUT2D eigenvalue weighted by atomic mass is 9.84. The zero-order valence-electron chi connectivity index (χ0n) is 14.5. The van der Waals surface area contributed by atoms with Crippen molar-refractivity contribution < 1.29 is 9.90 Å². The van der Waals surface area contributed by atoms with E-state index in [4.69, 9.17) is 0 Å². The van der Waals surface area contributed by atoms with Crippen LogP contribution in [0.3, 0.4) is 0 Å². The molecule has 2 fully saturated rings. The number of aliphatic hydroxyl groups is 1. The number of hydrogen-bond donors (Lipinski definition) is 2. The summed E-state index contributed by atoms with van der Waals surface area (Å²) >= 11 is 0. The van der Waals surface area contributed by atoms with Crippen molar-refractivity contribution >= 4 is 5.91 Å². The van der Waals surface area contributed by atoms with Gasteiger partial charge >= 0.3 is 0 Å². The summed E-state index contributed by atoms with van der Waals surface area (Å²) in [6.45, 7) is 4.48. The summed E-state index contributed by atoms with van der Waals surface area (Å²) in [6.07, 6.45) is 8.66. The molecule has 2 N–H and O–H groups in total. The Kier molecular flexibility index (Phi) is 5.46. The van der Waals surface area contributed by atoms with Crippen LogP contribution in [0, 0.1) is 6.92 Å². The van der Waals surface area contributed by atoms with Crippen molar-refractivity contribution in [3.63, 3.8) is 0 Å². The van der Waals surface area contributed by atoms with Gasteiger partial charge in [-0.1, -0.05) is 19.3 Å². The first-order valence-electron chi connectivity index (χ1n) is 9.08. The molecule has 1 saturated carbocycles. The van der Waals surface area contributed by atoms with E-state index in [1.54, 1.807) is 6.07 Å². The Morgan fingerprint density at radius 2 is 2.00 bits per heavy atom. The fraction of sp³-hybridized carbons (Fsp3) is 0.722. The average molecular weight is 332 g/mol. The quantitative estimate of drug-likeness (QED) is 0.877. The van der Waals surface area contributed by atoms with Gasteiger partial charge in [-0.2, -0.15) is 0 Å². The molecule has 6 heteroatoms. The molecule has 0 aromatic carbocycles. The monoisotopic (exact) mass is 332 g/mol. The average Bonchev–Trinajstić information content (AvgIpc) is 2.57. The molecule has 2 heterocycles. The largest absolute Gasteiger partial charge is 0.389 e. The molecular formula is C18H28N4O2. The number of carbonyl (C=O) groups excluding carboxylic acids is 1. The SMILES string of the molecule is Cc1cc(C(=O)NC2CCN(CC3(O)CCCCC3)CC2)ncn1. The van der Waals surface area contributed by atoms with E-state index in [-0.39, 0.29) is 11.9 Å². The number of carbonyl (C=O) groups is 1. The molecule has 0 bridgehead atoms. The summed E-state index contributed by atoms with van der Waals surface area (Å²) < 4.78 is 0. The second-order valence-electron chi connectivity index (χ2n) is 7.35. The number of β-amino-alcohol motifs (C(OH)–C–C–N with tert-alkyl or cyclic N) is 1. The Hall–Kier alpha value is -1.53. The van der Waals surface area contributed by atoms with Crippen LogP contribution in [0.4, 0.5) is 0 Å². The van der Waals surface area contributed by atoms with Gasteiger partial charge in [0, 0.05) is 31.4 Å². The highest BCUT2D eigenvalue weighted by atomic mass is 16.3. The Labute approximate surface area is 143 Å². The molecule has 1 aromatic heterocycles. The molecule has 2 aliphatic rings. The van der Waals surface area contributed by atoms with Crippen LogP contribution in [0.15, 0.2) is 12.4 Å². The second-order valence-corrected chi connectivity index (χ2v) is 7.35. The van der Waals surface area contributed by atoms with Gasteiger partial charge in [0.05, 0.1) is 5.60 Å². The normalized spacial score (nSPS) is 22.2. The van der Waals surface area contributed by atoms with Crippen molar-refractivity contribution in [2.24, 2.45) is 0 Å². The van der Waals surface area contributed by atoms with Gasteiger partial charge in [-0.15, -0.1) is 0 Å². The lowest BCUT2D eigenvalue weighted by Gasteiger charge is -2.40. The van der Waals surface area contributed by atoms with Gasteiger partial charge in [-0.3, -0.25) is 4.79 Å². The van der Waals surface area contributed by atoms with E-state index in [1.807, 2.05) is 6.92 Å². The topological polar surface area (TPSA) is 78.4 Å². The zero-order valence-corrected chi connectivity index (χ0v) is 14.5. The van der Waals surface area contributed by atoms with Gasteiger partial charge in [0.1, 0.15) is 12.0 Å². The minimum Gasteiger partial charge on any atom is -0.389 e. The standard InChI is InChI=1S/C18H28N4O2/c1-14-11-16(20-13-19-14)17(23)21-15-5-9-22(10-6-15)12-18(24)7-3-2-4-8-18/h11,13,15,24H,2-10,12H2,1H3,(H,21,23). The van der Waals surface area contributed by atoms with Gasteiger partial charge in [0.2, 0.25) is 0 Å². The first kappa shape index (κ1) is 17.3. The van der Waals surface area contributed by atoms with Crippen molar-refractivity contribution in [3.8, 4) is 0 Å². The molecule has 1 aliphatic heterocycles. The van der Waals surface area contributed by atoms with Gasteiger partial charge in [-0.05, 0) is 38.7 Å². The van der Waals surface area contributed by atoms with E-state index in [9.17, 15) is 9.90 Å². The maximum absolute atomic E-state index is 12.3. The molecule has 3 rings (SSSR count). The van der Waals surface area contributed by atoms with E-state index in [0.717, 1.165) is 63.9 Å². The Morgan fingerprint density at radius 3 is 2.67 bits per heavy atom. The van der Waals surface area contributed by atoms with Crippen molar-refractivity contribution in [1.29, 1.82) is 0 Å². The highest BCUT2D eigenvalue weighted by Crippen LogP contribution is 2.29. The zero-order chi connectivity index (χ0) is 17.0. The third-order valence-corrected chi connectivity index (χ3v) is 5.26. The molecule has 1 saturated heterocycles. The van der Waals surface area contributed by atoms with E-state index in [2.05, 4.69) is 20.2 Å². The molecule has 1 amide bonds. The van der Waals surface area contributed by atoms with E-state index >= 15 is 0 Å². The van der Waals surface area contributed by atoms with Gasteiger partial charge < -0.3 is 15.3 Å². The van der Waals surface area contributed by atoms with Crippen LogP contribution >= 0.6 is 0 Å². The number of piperidine rings is 1. The van der Waals surface area contributed by atoms with Gasteiger partial charge in [-0.25, -0.2) is 9.97 Å². The summed E-state index contributed by atoms with van der Waals surface area (Å²) in [4.78, 5) is 22.7. The van der Waals surface area contributed by atoms with Crippen molar-refractivity contribution in [3.05, 3.63) is 23.8 Å². The minimum absolute atomic E-state index is 0.121. The van der Waals surface area contributed by atoms with E-state index < -0.39 is 5.60 Å². The Morgan fingerprint density at radius 1 is 1.29 bits per heavy atom. The first-order valence-corrected chi connectivity index (χ1v) is 9.08. The third-order valence-electron chi connectivity index (χ3n) is 5.26. The summed E-state index contributed by atoms with van der Waals surface area (Å²) in [5, 5.41) is 13.8. The number of amides is 1. The van der Waals surface area contributed by atoms with E-state index in [0.29, 0.717) is 5.69 Å². The molecular weight excluding hydrogens is 304 g/mol. The number of hydrogen-bond acceptors (Lipinski definition) is 5. The number of aryl methyl sites for hydroxylation is 1. The second kappa shape index (κ2) is 7.57. The van der Waals surface area contributed by atoms with Gasteiger partial charge in [0.15, 0.2) is 0 Å². The molecule has 1 aromatic rings. The van der Waals surface area contributed by atoms with Crippen LogP contribution in [-0.4, -0.2) is 57.2 Å². The number of rotatable bonds is 4. The summed E-state index contributed by atoms with van der Waals surface area (Å²) in [7, 11) is 0. The lowest BCUT2D eigenvalue weighted by Crippen LogP contribution is -2.50. The number of likely N-dealkylation sites (tertiary alicyclic amines) is 1. The van der Waals surface area contributed by atoms with Crippen LogP contribution in [0.1, 0.15) is 61.1 Å². The fourth-order valence-electron chi connectivity index (χ4n) is 3.86. The number of nitrogens with zero attached hydrogens (tertiary/aromatic N) is 3. The highest BCUT2D eigenvalue weighted by Gasteiger charge is 2.32. The van der Waals surface area contributed by atoms with Gasteiger partial charge in [0.25, 0.3) is 5.91 Å². The molecule has 24 heavy (non-hydrogen) atoms. The molecule has 0 spiro atoms. The number of nitrogens with one attached hydrogen (secondary N) is 1. The molecule has 0 unspecified atom stereocenters. The third kappa shape index (κ3) is 4.51. The van der Waals surface area contributed by atoms with Crippen molar-refractivity contribution in [1.82, 2.24) is 20.2 Å². The van der Waals surface area contributed by atoms with E-state index in [1.165, 1.54) is 12.7 Å². The summed E-state index contributed by atoms with van der Waals surface area (Å²) in [5.41, 5.74) is 0.736. The molecule has 0 radical (unpaired) electrons. The number of aromatic nitrogens is 2. The van der Waals surface area contributed by atoms with Crippen LogP contribution in [0.2, 0.25) is 0 Å². The molecule has 6 nitrogen and oxygen atoms in total. The fourth-order valence-corrected chi connectivity index (χ4v) is 3.86. The molecule has 1 aliphatic carbocycles. The van der Waals surface area contributed by atoms with Crippen LogP contribution in [0.5, 0.6) is 0 Å².